The third-order valence-electron chi connectivity index (χ3n) is 7.81. The summed E-state index contributed by atoms with van der Waals surface area (Å²) in [4.78, 5) is 23.0. The summed E-state index contributed by atoms with van der Waals surface area (Å²) in [7, 11) is 0. The van der Waals surface area contributed by atoms with E-state index in [0.717, 1.165) is 60.3 Å². The number of rotatable bonds is 10. The van der Waals surface area contributed by atoms with Gasteiger partial charge in [0.05, 0.1) is 6.42 Å². The van der Waals surface area contributed by atoms with Gasteiger partial charge in [-0.3, -0.25) is 4.79 Å². The number of aromatic nitrogens is 2. The molecule has 1 aliphatic heterocycles. The number of carbonyl (C=O) groups is 1. The minimum absolute atomic E-state index is 0.105. The molecule has 1 aromatic heterocycles. The van der Waals surface area contributed by atoms with E-state index in [1.807, 2.05) is 54.6 Å². The van der Waals surface area contributed by atoms with Crippen molar-refractivity contribution in [2.75, 3.05) is 19.6 Å². The van der Waals surface area contributed by atoms with Crippen molar-refractivity contribution in [2.45, 2.75) is 59.0 Å². The maximum atomic E-state index is 13.8. The summed E-state index contributed by atoms with van der Waals surface area (Å²) in [5.74, 6) is 2.00. The molecule has 1 fully saturated rings. The molecule has 1 aliphatic rings. The summed E-state index contributed by atoms with van der Waals surface area (Å²) < 4.78 is 5.51. The van der Waals surface area contributed by atoms with Crippen LogP contribution in [0, 0.1) is 12.8 Å². The first-order chi connectivity index (χ1) is 19.4. The maximum Gasteiger partial charge on any atom is 0.254 e. The van der Waals surface area contributed by atoms with Crippen LogP contribution >= 0.6 is 0 Å². The lowest BCUT2D eigenvalue weighted by Gasteiger charge is -2.39. The fourth-order valence-corrected chi connectivity index (χ4v) is 5.29. The number of piperidine rings is 1. The number of benzene rings is 3. The Labute approximate surface area is 238 Å². The van der Waals surface area contributed by atoms with Crippen molar-refractivity contribution in [2.24, 2.45) is 5.92 Å². The van der Waals surface area contributed by atoms with Crippen LogP contribution in [-0.2, 0) is 13.0 Å². The molecule has 0 saturated carbocycles. The molecule has 3 aromatic carbocycles. The van der Waals surface area contributed by atoms with Crippen LogP contribution in [0.2, 0.25) is 0 Å². The molecule has 0 atom stereocenters. The van der Waals surface area contributed by atoms with Gasteiger partial charge in [-0.25, -0.2) is 0 Å². The van der Waals surface area contributed by atoms with E-state index in [1.165, 1.54) is 6.42 Å². The van der Waals surface area contributed by atoms with E-state index < -0.39 is 0 Å². The second kappa shape index (κ2) is 13.1. The van der Waals surface area contributed by atoms with Crippen LogP contribution in [0.1, 0.15) is 66.0 Å². The van der Waals surface area contributed by atoms with Crippen LogP contribution in [-0.4, -0.2) is 51.5 Å². The Balaban J connectivity index is 1.28. The first-order valence-electron chi connectivity index (χ1n) is 14.5. The van der Waals surface area contributed by atoms with Gasteiger partial charge in [-0.15, -0.1) is 0 Å². The highest BCUT2D eigenvalue weighted by atomic mass is 16.5. The Bertz CT molecular complexity index is 1360. The summed E-state index contributed by atoms with van der Waals surface area (Å²) in [6.45, 7) is 10.4. The topological polar surface area (TPSA) is 62.5 Å². The average Bonchev–Trinajstić information content (AvgIpc) is 3.44. The van der Waals surface area contributed by atoms with Crippen LogP contribution in [0.3, 0.4) is 0 Å². The predicted octanol–water partition coefficient (Wildman–Crippen LogP) is 6.79. The van der Waals surface area contributed by atoms with Gasteiger partial charge in [0.15, 0.2) is 0 Å². The molecule has 0 bridgehead atoms. The average molecular weight is 537 g/mol. The zero-order valence-electron chi connectivity index (χ0n) is 23.9. The van der Waals surface area contributed by atoms with Gasteiger partial charge in [0.25, 0.3) is 5.91 Å². The molecule has 6 heteroatoms. The van der Waals surface area contributed by atoms with Crippen molar-refractivity contribution in [3.05, 3.63) is 107 Å². The molecule has 0 radical (unpaired) electrons. The highest BCUT2D eigenvalue weighted by molar-refractivity contribution is 5.94. The third kappa shape index (κ3) is 7.24. The number of carbonyl (C=O) groups excluding carboxylic acids is 1. The van der Waals surface area contributed by atoms with Crippen molar-refractivity contribution < 1.29 is 9.32 Å². The molecule has 0 unspecified atom stereocenters. The molecular formula is C34H40N4O2. The fourth-order valence-electron chi connectivity index (χ4n) is 5.29. The minimum atomic E-state index is 0.105. The van der Waals surface area contributed by atoms with Gasteiger partial charge < -0.3 is 14.3 Å². The Hall–Kier alpha value is -3.77. The van der Waals surface area contributed by atoms with Crippen LogP contribution in [0.4, 0.5) is 0 Å². The van der Waals surface area contributed by atoms with Gasteiger partial charge in [0.1, 0.15) is 0 Å². The zero-order valence-corrected chi connectivity index (χ0v) is 23.9. The predicted molar refractivity (Wildman–Crippen MR) is 159 cm³/mol. The van der Waals surface area contributed by atoms with E-state index in [2.05, 4.69) is 65.0 Å². The number of hydrogen-bond donors (Lipinski definition) is 0. The SMILES string of the molecule is Cc1ccc(C(=O)N(Cc2ccc(-c3noc(Cc4ccccc4)n3)cc2)C2CCN(CCC(C)C)CC2)cc1. The van der Waals surface area contributed by atoms with E-state index in [0.29, 0.717) is 30.6 Å². The Morgan fingerprint density at radius 2 is 1.65 bits per heavy atom. The molecule has 6 nitrogen and oxygen atoms in total. The number of aryl methyl sites for hydroxylation is 1. The lowest BCUT2D eigenvalue weighted by molar-refractivity contribution is 0.0546. The van der Waals surface area contributed by atoms with Crippen molar-refractivity contribution in [3.63, 3.8) is 0 Å². The summed E-state index contributed by atoms with van der Waals surface area (Å²) in [5, 5.41) is 4.20. The molecule has 4 aromatic rings. The zero-order chi connectivity index (χ0) is 27.9. The Morgan fingerprint density at radius 3 is 2.33 bits per heavy atom. The summed E-state index contributed by atoms with van der Waals surface area (Å²) in [6, 6.07) is 26.5. The standard InChI is InChI=1S/C34H40N4O2/c1-25(2)17-20-37-21-18-31(19-22-37)38(34(39)30-13-9-26(3)10-14-30)24-28-11-15-29(16-12-28)33-35-32(40-36-33)23-27-7-5-4-6-8-27/h4-16,25,31H,17-24H2,1-3H3. The maximum absolute atomic E-state index is 13.8. The van der Waals surface area contributed by atoms with Crippen LogP contribution in [0.5, 0.6) is 0 Å². The number of hydrogen-bond acceptors (Lipinski definition) is 5. The largest absolute Gasteiger partial charge is 0.339 e. The molecule has 0 spiro atoms. The molecule has 1 amide bonds. The van der Waals surface area contributed by atoms with E-state index in [4.69, 9.17) is 4.52 Å². The van der Waals surface area contributed by atoms with E-state index >= 15 is 0 Å². The minimum Gasteiger partial charge on any atom is -0.339 e. The summed E-state index contributed by atoms with van der Waals surface area (Å²) >= 11 is 0. The van der Waals surface area contributed by atoms with Crippen molar-refractivity contribution in [1.82, 2.24) is 19.9 Å². The van der Waals surface area contributed by atoms with E-state index in [-0.39, 0.29) is 11.9 Å². The van der Waals surface area contributed by atoms with Crippen LogP contribution < -0.4 is 0 Å². The van der Waals surface area contributed by atoms with Gasteiger partial charge >= 0.3 is 0 Å². The molecule has 0 aliphatic carbocycles. The molecule has 0 N–H and O–H groups in total. The Morgan fingerprint density at radius 1 is 0.950 bits per heavy atom. The fraction of sp³-hybridized carbons (Fsp3) is 0.382. The van der Waals surface area contributed by atoms with E-state index in [1.54, 1.807) is 0 Å². The van der Waals surface area contributed by atoms with Gasteiger partial charge in [-0.05, 0) is 61.9 Å². The third-order valence-corrected chi connectivity index (χ3v) is 7.81. The second-order valence-electron chi connectivity index (χ2n) is 11.4. The van der Waals surface area contributed by atoms with Crippen molar-refractivity contribution in [3.8, 4) is 11.4 Å². The normalized spacial score (nSPS) is 14.5. The molecule has 2 heterocycles. The van der Waals surface area contributed by atoms with Gasteiger partial charge in [-0.2, -0.15) is 4.98 Å². The smallest absolute Gasteiger partial charge is 0.254 e. The summed E-state index contributed by atoms with van der Waals surface area (Å²) in [5.41, 5.74) is 5.05. The van der Waals surface area contributed by atoms with Crippen LogP contribution in [0.15, 0.2) is 83.4 Å². The lowest BCUT2D eigenvalue weighted by atomic mass is 9.99. The van der Waals surface area contributed by atoms with Gasteiger partial charge in [-0.1, -0.05) is 91.3 Å². The highest BCUT2D eigenvalue weighted by Gasteiger charge is 2.29. The quantitative estimate of drug-likeness (QED) is 0.223. The first-order valence-corrected chi connectivity index (χ1v) is 14.5. The summed E-state index contributed by atoms with van der Waals surface area (Å²) in [6.07, 6.45) is 3.83. The van der Waals surface area contributed by atoms with Crippen molar-refractivity contribution >= 4 is 5.91 Å². The van der Waals surface area contributed by atoms with E-state index in [9.17, 15) is 4.79 Å². The Kier molecular flexibility index (Phi) is 9.07. The molecule has 40 heavy (non-hydrogen) atoms. The second-order valence-corrected chi connectivity index (χ2v) is 11.4. The number of likely N-dealkylation sites (tertiary alicyclic amines) is 1. The van der Waals surface area contributed by atoms with Crippen LogP contribution in [0.25, 0.3) is 11.4 Å². The molecule has 1 saturated heterocycles. The highest BCUT2D eigenvalue weighted by Crippen LogP contribution is 2.24. The van der Waals surface area contributed by atoms with Crippen molar-refractivity contribution in [1.29, 1.82) is 0 Å². The lowest BCUT2D eigenvalue weighted by Crippen LogP contribution is -2.47. The first kappa shape index (κ1) is 27.8. The number of amides is 1. The van der Waals surface area contributed by atoms with Gasteiger partial charge in [0.2, 0.25) is 11.7 Å². The molecule has 5 rings (SSSR count). The monoisotopic (exact) mass is 536 g/mol. The molecular weight excluding hydrogens is 496 g/mol. The molecule has 208 valence electrons. The number of nitrogens with zero attached hydrogens (tertiary/aromatic N) is 4. The van der Waals surface area contributed by atoms with Gasteiger partial charge in [0, 0.05) is 36.8 Å².